The van der Waals surface area contributed by atoms with Gasteiger partial charge in [0.15, 0.2) is 0 Å². The topological polar surface area (TPSA) is 24.9 Å². The lowest BCUT2D eigenvalue weighted by Crippen LogP contribution is -2.47. The summed E-state index contributed by atoms with van der Waals surface area (Å²) in [6, 6.07) is 13.7. The number of hydrogen-bond donors (Lipinski definition) is 0. The number of ether oxygens (including phenoxy) is 2. The van der Waals surface area contributed by atoms with Crippen molar-refractivity contribution in [1.82, 2.24) is 9.80 Å². The number of nitrogens with zero attached hydrogens (tertiary/aromatic N) is 2. The molecule has 0 amide bonds. The molecular formula is C41H58N2O2. The fourth-order valence-corrected chi connectivity index (χ4v) is 7.33. The Balaban J connectivity index is 1.12. The molecule has 0 bridgehead atoms. The molecule has 1 saturated heterocycles. The summed E-state index contributed by atoms with van der Waals surface area (Å²) < 4.78 is 13.3. The van der Waals surface area contributed by atoms with Crippen LogP contribution in [0.2, 0.25) is 0 Å². The highest BCUT2D eigenvalue weighted by atomic mass is 16.5. The highest BCUT2D eigenvalue weighted by Gasteiger charge is 2.36. The van der Waals surface area contributed by atoms with Gasteiger partial charge in [-0.25, -0.2) is 0 Å². The van der Waals surface area contributed by atoms with Gasteiger partial charge in [-0.1, -0.05) is 65.3 Å². The Bertz CT molecular complexity index is 1360. The van der Waals surface area contributed by atoms with E-state index < -0.39 is 0 Å². The SMILES string of the molecule is CC(C)=CCCC(C)=CCCC(C)=CCC[C@]1(C)CCc2c3c(cc(C)c2O1)OCN(C1CCN(Cc2ccccc2)CC1)C3. The average molecular weight is 611 g/mol. The predicted molar refractivity (Wildman–Crippen MR) is 189 cm³/mol. The number of likely N-dealkylation sites (tertiary alicyclic amines) is 1. The molecule has 244 valence electrons. The van der Waals surface area contributed by atoms with E-state index in [0.29, 0.717) is 12.8 Å². The van der Waals surface area contributed by atoms with Gasteiger partial charge in [-0.2, -0.15) is 0 Å². The lowest BCUT2D eigenvalue weighted by molar-refractivity contribution is 0.0209. The maximum Gasteiger partial charge on any atom is 0.142 e. The third kappa shape index (κ3) is 9.36. The molecular weight excluding hydrogens is 552 g/mol. The first kappa shape index (κ1) is 33.5. The van der Waals surface area contributed by atoms with E-state index in [2.05, 4.69) is 106 Å². The Hall–Kier alpha value is -2.82. The van der Waals surface area contributed by atoms with Crippen molar-refractivity contribution in [3.05, 3.63) is 93.6 Å². The fraction of sp³-hybridized carbons (Fsp3) is 0.561. The quantitative estimate of drug-likeness (QED) is 0.223. The van der Waals surface area contributed by atoms with E-state index in [-0.39, 0.29) is 5.60 Å². The summed E-state index contributed by atoms with van der Waals surface area (Å²) in [7, 11) is 0. The van der Waals surface area contributed by atoms with E-state index in [4.69, 9.17) is 9.47 Å². The van der Waals surface area contributed by atoms with Crippen molar-refractivity contribution >= 4 is 0 Å². The van der Waals surface area contributed by atoms with E-state index in [0.717, 1.165) is 82.6 Å². The first-order valence-corrected chi connectivity index (χ1v) is 17.6. The van der Waals surface area contributed by atoms with Crippen LogP contribution < -0.4 is 9.47 Å². The second-order valence-electron chi connectivity index (χ2n) is 14.5. The Morgan fingerprint density at radius 1 is 0.911 bits per heavy atom. The van der Waals surface area contributed by atoms with Crippen LogP contribution in [0, 0.1) is 6.92 Å². The number of allylic oxidation sites excluding steroid dienone is 6. The Labute approximate surface area is 274 Å². The molecule has 0 unspecified atom stereocenters. The van der Waals surface area contributed by atoms with Gasteiger partial charge in [0.25, 0.3) is 0 Å². The van der Waals surface area contributed by atoms with Gasteiger partial charge in [0, 0.05) is 30.3 Å². The second kappa shape index (κ2) is 15.6. The molecule has 0 aliphatic carbocycles. The van der Waals surface area contributed by atoms with E-state index in [1.165, 1.54) is 58.2 Å². The lowest BCUT2D eigenvalue weighted by Gasteiger charge is -2.43. The molecule has 45 heavy (non-hydrogen) atoms. The molecule has 3 aliphatic rings. The summed E-state index contributed by atoms with van der Waals surface area (Å²) in [5.41, 5.74) is 9.70. The summed E-state index contributed by atoms with van der Waals surface area (Å²) in [6.45, 7) is 18.5. The molecule has 0 spiro atoms. The lowest BCUT2D eigenvalue weighted by atomic mass is 9.85. The molecule has 5 rings (SSSR count). The van der Waals surface area contributed by atoms with Crippen molar-refractivity contribution < 1.29 is 9.47 Å². The second-order valence-corrected chi connectivity index (χ2v) is 14.5. The minimum atomic E-state index is -0.120. The zero-order chi connectivity index (χ0) is 31.8. The van der Waals surface area contributed by atoms with Crippen LogP contribution in [0.15, 0.2) is 71.3 Å². The maximum absolute atomic E-state index is 6.89. The number of hydrogen-bond acceptors (Lipinski definition) is 4. The van der Waals surface area contributed by atoms with Crippen molar-refractivity contribution in [3.63, 3.8) is 0 Å². The van der Waals surface area contributed by atoms with Gasteiger partial charge in [0.2, 0.25) is 0 Å². The molecule has 3 aliphatic heterocycles. The Morgan fingerprint density at radius 2 is 1.60 bits per heavy atom. The smallest absolute Gasteiger partial charge is 0.142 e. The highest BCUT2D eigenvalue weighted by Crippen LogP contribution is 2.45. The molecule has 0 aromatic heterocycles. The molecule has 1 fully saturated rings. The van der Waals surface area contributed by atoms with Crippen LogP contribution in [0.1, 0.15) is 115 Å². The van der Waals surface area contributed by atoms with E-state index in [1.54, 1.807) is 0 Å². The molecule has 1 atom stereocenters. The van der Waals surface area contributed by atoms with Crippen LogP contribution in [0.25, 0.3) is 0 Å². The third-order valence-electron chi connectivity index (χ3n) is 10.3. The van der Waals surface area contributed by atoms with Crippen LogP contribution in [0.3, 0.4) is 0 Å². The summed E-state index contributed by atoms with van der Waals surface area (Å²) in [5, 5.41) is 0. The first-order valence-electron chi connectivity index (χ1n) is 17.6. The molecule has 4 heteroatoms. The van der Waals surface area contributed by atoms with Gasteiger partial charge in [-0.15, -0.1) is 0 Å². The van der Waals surface area contributed by atoms with Gasteiger partial charge in [-0.3, -0.25) is 9.80 Å². The van der Waals surface area contributed by atoms with E-state index in [1.807, 2.05) is 0 Å². The molecule has 0 radical (unpaired) electrons. The van der Waals surface area contributed by atoms with Crippen molar-refractivity contribution in [2.24, 2.45) is 0 Å². The number of aryl methyl sites for hydroxylation is 1. The van der Waals surface area contributed by atoms with Gasteiger partial charge >= 0.3 is 0 Å². The largest absolute Gasteiger partial charge is 0.487 e. The number of fused-ring (bicyclic) bond motifs is 3. The zero-order valence-corrected chi connectivity index (χ0v) is 29.1. The highest BCUT2D eigenvalue weighted by molar-refractivity contribution is 5.55. The molecule has 4 nitrogen and oxygen atoms in total. The van der Waals surface area contributed by atoms with Crippen LogP contribution in [-0.2, 0) is 19.5 Å². The fourth-order valence-electron chi connectivity index (χ4n) is 7.33. The van der Waals surface area contributed by atoms with Gasteiger partial charge in [0.1, 0.15) is 23.8 Å². The van der Waals surface area contributed by atoms with Crippen LogP contribution in [-0.4, -0.2) is 41.3 Å². The third-order valence-corrected chi connectivity index (χ3v) is 10.3. The van der Waals surface area contributed by atoms with Crippen LogP contribution in [0.5, 0.6) is 11.5 Å². The average Bonchev–Trinajstić information content (AvgIpc) is 3.02. The molecule has 0 saturated carbocycles. The van der Waals surface area contributed by atoms with Crippen molar-refractivity contribution in [2.45, 2.75) is 130 Å². The normalized spacial score (nSPS) is 21.5. The minimum absolute atomic E-state index is 0.120. The predicted octanol–water partition coefficient (Wildman–Crippen LogP) is 10.1. The molecule has 2 aromatic carbocycles. The molecule has 3 heterocycles. The minimum Gasteiger partial charge on any atom is -0.487 e. The Morgan fingerprint density at radius 3 is 2.31 bits per heavy atom. The van der Waals surface area contributed by atoms with Crippen molar-refractivity contribution in [3.8, 4) is 11.5 Å². The van der Waals surface area contributed by atoms with E-state index >= 15 is 0 Å². The van der Waals surface area contributed by atoms with Crippen LogP contribution >= 0.6 is 0 Å². The summed E-state index contributed by atoms with van der Waals surface area (Å²) in [4.78, 5) is 5.19. The maximum atomic E-state index is 6.89. The summed E-state index contributed by atoms with van der Waals surface area (Å²) in [5.74, 6) is 2.20. The van der Waals surface area contributed by atoms with Gasteiger partial charge < -0.3 is 9.47 Å². The van der Waals surface area contributed by atoms with Gasteiger partial charge in [0.05, 0.1) is 0 Å². The summed E-state index contributed by atoms with van der Waals surface area (Å²) >= 11 is 0. The number of benzene rings is 2. The van der Waals surface area contributed by atoms with Gasteiger partial charge in [-0.05, 0) is 136 Å². The zero-order valence-electron chi connectivity index (χ0n) is 29.1. The first-order chi connectivity index (χ1) is 21.7. The monoisotopic (exact) mass is 610 g/mol. The number of rotatable bonds is 12. The van der Waals surface area contributed by atoms with Crippen LogP contribution in [0.4, 0.5) is 0 Å². The molecule has 0 N–H and O–H groups in total. The molecule has 2 aromatic rings. The standard InChI is InChI=1S/C41H58N2O2/c1-31(2)13-10-14-32(3)15-11-16-33(4)17-12-23-41(6)24-20-37-38-29-43(30-44-39(38)27-34(5)40(37)45-41)36-21-25-42(26-22-36)28-35-18-8-7-9-19-35/h7-9,13,15,17-19,27,36H,10-12,14,16,20-26,28-30H2,1-6H3/t41-/m1/s1. The number of piperidine rings is 1. The van der Waals surface area contributed by atoms with E-state index in [9.17, 15) is 0 Å². The van der Waals surface area contributed by atoms with Crippen molar-refractivity contribution in [2.75, 3.05) is 19.8 Å². The Kier molecular flexibility index (Phi) is 11.7. The van der Waals surface area contributed by atoms with Crippen molar-refractivity contribution in [1.29, 1.82) is 0 Å². The summed E-state index contributed by atoms with van der Waals surface area (Å²) in [6.07, 6.45) is 18.5.